The zero-order valence-corrected chi connectivity index (χ0v) is 16.6. The van der Waals surface area contributed by atoms with E-state index >= 15 is 0 Å². The first kappa shape index (κ1) is 19.6. The minimum Gasteiger partial charge on any atom is -0.459 e. The number of nitrogens with zero attached hydrogens (tertiary/aromatic N) is 3. The highest BCUT2D eigenvalue weighted by Crippen LogP contribution is 2.29. The van der Waals surface area contributed by atoms with E-state index in [1.54, 1.807) is 0 Å². The number of hydrogen-bond acceptors (Lipinski definition) is 7. The first-order valence-corrected chi connectivity index (χ1v) is 10.1. The molecule has 0 spiro atoms. The van der Waals surface area contributed by atoms with Crippen molar-refractivity contribution in [3.8, 4) is 0 Å². The standard InChI is InChI=1S/C21H26N4O4/c1-2-27-11-6-10-25-19(22)17(21(26)29-13-14-7-5-12-28-14)18-20(25)24-16-9-4-3-8-15(16)23-18/h3-4,8-9,14H,2,5-7,10-13,22H2,1H3. The third-order valence-electron chi connectivity index (χ3n) is 5.09. The highest BCUT2D eigenvalue weighted by atomic mass is 16.6. The Hall–Kier alpha value is -2.71. The summed E-state index contributed by atoms with van der Waals surface area (Å²) < 4.78 is 18.3. The van der Waals surface area contributed by atoms with Crippen molar-refractivity contribution in [3.05, 3.63) is 29.8 Å². The SMILES string of the molecule is CCOCCCn1c(N)c(C(=O)OCC2CCCO2)c2nc3ccccc3nc21. The number of carbonyl (C=O) groups excluding carboxylic acids is 1. The molecule has 1 aromatic carbocycles. The van der Waals surface area contributed by atoms with Crippen LogP contribution in [0.4, 0.5) is 5.82 Å². The smallest absolute Gasteiger partial charge is 0.344 e. The molecule has 1 aliphatic heterocycles. The number of esters is 1. The molecule has 0 saturated carbocycles. The lowest BCUT2D eigenvalue weighted by Crippen LogP contribution is -2.18. The van der Waals surface area contributed by atoms with Crippen LogP contribution in [0.15, 0.2) is 24.3 Å². The summed E-state index contributed by atoms with van der Waals surface area (Å²) in [5.74, 6) is -0.166. The van der Waals surface area contributed by atoms with Gasteiger partial charge in [0.05, 0.1) is 17.1 Å². The minimum absolute atomic E-state index is 0.0494. The van der Waals surface area contributed by atoms with E-state index in [2.05, 4.69) is 4.98 Å². The van der Waals surface area contributed by atoms with Gasteiger partial charge >= 0.3 is 5.97 Å². The van der Waals surface area contributed by atoms with E-state index in [0.29, 0.717) is 48.9 Å². The molecule has 2 N–H and O–H groups in total. The summed E-state index contributed by atoms with van der Waals surface area (Å²) in [6.45, 7) is 4.73. The fraction of sp³-hybridized carbons (Fsp3) is 0.476. The van der Waals surface area contributed by atoms with E-state index in [-0.39, 0.29) is 18.3 Å². The zero-order chi connectivity index (χ0) is 20.2. The van der Waals surface area contributed by atoms with Crippen LogP contribution in [0.3, 0.4) is 0 Å². The summed E-state index contributed by atoms with van der Waals surface area (Å²) in [5, 5.41) is 0. The van der Waals surface area contributed by atoms with Crippen LogP contribution in [0.5, 0.6) is 0 Å². The van der Waals surface area contributed by atoms with Crippen LogP contribution >= 0.6 is 0 Å². The molecule has 8 heteroatoms. The van der Waals surface area contributed by atoms with Gasteiger partial charge in [-0.25, -0.2) is 14.8 Å². The summed E-state index contributed by atoms with van der Waals surface area (Å²) in [6, 6.07) is 7.56. The lowest BCUT2D eigenvalue weighted by Gasteiger charge is -2.10. The molecule has 1 atom stereocenters. The largest absolute Gasteiger partial charge is 0.459 e. The molecule has 3 heterocycles. The van der Waals surface area contributed by atoms with Gasteiger partial charge in [-0.2, -0.15) is 0 Å². The van der Waals surface area contributed by atoms with Crippen LogP contribution in [-0.2, 0) is 20.8 Å². The average molecular weight is 398 g/mol. The predicted octanol–water partition coefficient (Wildman–Crippen LogP) is 2.93. The molecule has 8 nitrogen and oxygen atoms in total. The van der Waals surface area contributed by atoms with E-state index in [4.69, 9.17) is 24.9 Å². The first-order chi connectivity index (χ1) is 14.2. The van der Waals surface area contributed by atoms with Crippen molar-refractivity contribution >= 4 is 34.0 Å². The molecule has 0 aliphatic carbocycles. The highest BCUT2D eigenvalue weighted by Gasteiger charge is 2.26. The van der Waals surface area contributed by atoms with Gasteiger partial charge in [-0.1, -0.05) is 12.1 Å². The van der Waals surface area contributed by atoms with E-state index in [1.165, 1.54) is 0 Å². The van der Waals surface area contributed by atoms with Gasteiger partial charge in [0.1, 0.15) is 23.5 Å². The fourth-order valence-electron chi connectivity index (χ4n) is 3.63. The van der Waals surface area contributed by atoms with E-state index in [0.717, 1.165) is 24.8 Å². The Balaban J connectivity index is 1.69. The Labute approximate surface area is 169 Å². The summed E-state index contributed by atoms with van der Waals surface area (Å²) in [5.41, 5.74) is 9.17. The number of para-hydroxylation sites is 2. The van der Waals surface area contributed by atoms with Crippen LogP contribution in [0.1, 0.15) is 36.5 Å². The lowest BCUT2D eigenvalue weighted by molar-refractivity contribution is 0.0163. The Morgan fingerprint density at radius 3 is 2.83 bits per heavy atom. The molecule has 0 radical (unpaired) electrons. The number of fused-ring (bicyclic) bond motifs is 2. The quantitative estimate of drug-likeness (QED) is 0.460. The molecule has 0 bridgehead atoms. The van der Waals surface area contributed by atoms with Crippen LogP contribution in [-0.4, -0.2) is 53.0 Å². The second-order valence-electron chi connectivity index (χ2n) is 7.08. The second kappa shape index (κ2) is 8.75. The number of anilines is 1. The number of ether oxygens (including phenoxy) is 3. The molecule has 1 unspecified atom stereocenters. The molecule has 29 heavy (non-hydrogen) atoms. The van der Waals surface area contributed by atoms with Gasteiger partial charge in [0, 0.05) is 26.4 Å². The van der Waals surface area contributed by atoms with Crippen LogP contribution in [0, 0.1) is 0 Å². The van der Waals surface area contributed by atoms with Crippen LogP contribution in [0.25, 0.3) is 22.2 Å². The summed E-state index contributed by atoms with van der Waals surface area (Å²) in [4.78, 5) is 22.3. The van der Waals surface area contributed by atoms with Crippen LogP contribution in [0.2, 0.25) is 0 Å². The van der Waals surface area contributed by atoms with E-state index in [1.807, 2.05) is 35.8 Å². The van der Waals surface area contributed by atoms with E-state index in [9.17, 15) is 4.79 Å². The maximum absolute atomic E-state index is 12.9. The van der Waals surface area contributed by atoms with Crippen molar-refractivity contribution in [1.29, 1.82) is 0 Å². The molecular weight excluding hydrogens is 372 g/mol. The molecule has 3 aromatic rings. The molecule has 0 amide bonds. The summed E-state index contributed by atoms with van der Waals surface area (Å²) >= 11 is 0. The Morgan fingerprint density at radius 1 is 1.31 bits per heavy atom. The number of nitrogen functional groups attached to an aromatic ring is 1. The lowest BCUT2D eigenvalue weighted by atomic mass is 10.2. The van der Waals surface area contributed by atoms with E-state index < -0.39 is 5.97 Å². The summed E-state index contributed by atoms with van der Waals surface area (Å²) in [6.07, 6.45) is 2.58. The van der Waals surface area contributed by atoms with Crippen LogP contribution < -0.4 is 5.73 Å². The first-order valence-electron chi connectivity index (χ1n) is 10.1. The molecule has 1 fully saturated rings. The van der Waals surface area contributed by atoms with Crippen molar-refractivity contribution < 1.29 is 19.0 Å². The van der Waals surface area contributed by atoms with Gasteiger partial charge in [0.25, 0.3) is 0 Å². The second-order valence-corrected chi connectivity index (χ2v) is 7.08. The maximum Gasteiger partial charge on any atom is 0.344 e. The van der Waals surface area contributed by atoms with Crippen molar-refractivity contribution in [2.24, 2.45) is 0 Å². The van der Waals surface area contributed by atoms with Gasteiger partial charge in [0.2, 0.25) is 0 Å². The predicted molar refractivity (Wildman–Crippen MR) is 110 cm³/mol. The Bertz CT molecular complexity index is 1010. The number of rotatable bonds is 8. The topological polar surface area (TPSA) is 101 Å². The van der Waals surface area contributed by atoms with Crippen molar-refractivity contribution in [2.45, 2.75) is 38.8 Å². The van der Waals surface area contributed by atoms with Crippen molar-refractivity contribution in [1.82, 2.24) is 14.5 Å². The maximum atomic E-state index is 12.9. The minimum atomic E-state index is -0.490. The zero-order valence-electron chi connectivity index (χ0n) is 16.6. The number of benzene rings is 1. The monoisotopic (exact) mass is 398 g/mol. The molecular formula is C21H26N4O4. The number of carbonyl (C=O) groups is 1. The Kier molecular flexibility index (Phi) is 5.92. The fourth-order valence-corrected chi connectivity index (χ4v) is 3.63. The van der Waals surface area contributed by atoms with Gasteiger partial charge in [-0.05, 0) is 38.3 Å². The number of aromatic nitrogens is 3. The molecule has 2 aromatic heterocycles. The Morgan fingerprint density at radius 2 is 2.10 bits per heavy atom. The molecule has 1 aliphatic rings. The number of hydrogen-bond donors (Lipinski definition) is 1. The molecule has 154 valence electrons. The molecule has 4 rings (SSSR count). The van der Waals surface area contributed by atoms with Gasteiger partial charge in [-0.15, -0.1) is 0 Å². The van der Waals surface area contributed by atoms with Gasteiger partial charge < -0.3 is 24.5 Å². The normalized spacial score (nSPS) is 16.7. The van der Waals surface area contributed by atoms with Crippen molar-refractivity contribution in [2.75, 3.05) is 32.2 Å². The van der Waals surface area contributed by atoms with Gasteiger partial charge in [-0.3, -0.25) is 0 Å². The number of nitrogens with two attached hydrogens (primary N) is 1. The van der Waals surface area contributed by atoms with Crippen molar-refractivity contribution in [3.63, 3.8) is 0 Å². The third kappa shape index (κ3) is 4.04. The number of aryl methyl sites for hydroxylation is 1. The van der Waals surface area contributed by atoms with Gasteiger partial charge in [0.15, 0.2) is 5.65 Å². The third-order valence-corrected chi connectivity index (χ3v) is 5.09. The average Bonchev–Trinajstić information content (AvgIpc) is 3.34. The summed E-state index contributed by atoms with van der Waals surface area (Å²) in [7, 11) is 0. The highest BCUT2D eigenvalue weighted by molar-refractivity contribution is 6.08. The molecule has 1 saturated heterocycles.